The van der Waals surface area contributed by atoms with Crippen molar-refractivity contribution >= 4 is 0 Å². The quantitative estimate of drug-likeness (QED) is 0.879. The van der Waals surface area contributed by atoms with E-state index in [-0.39, 0.29) is 11.6 Å². The molecule has 0 aliphatic heterocycles. The van der Waals surface area contributed by atoms with Crippen LogP contribution in [-0.2, 0) is 6.54 Å². The third-order valence-electron chi connectivity index (χ3n) is 4.10. The van der Waals surface area contributed by atoms with E-state index in [1.54, 1.807) is 6.07 Å². The van der Waals surface area contributed by atoms with Crippen LogP contribution in [0, 0.1) is 5.82 Å². The van der Waals surface area contributed by atoms with Crippen molar-refractivity contribution < 1.29 is 9.50 Å². The smallest absolute Gasteiger partial charge is 0.127 e. The first-order chi connectivity index (χ1) is 9.08. The number of hydrogen-bond donors (Lipinski definition) is 2. The molecule has 106 valence electrons. The maximum absolute atomic E-state index is 13.2. The summed E-state index contributed by atoms with van der Waals surface area (Å²) < 4.78 is 13.2. The number of aromatic hydroxyl groups is 1. The van der Waals surface area contributed by atoms with Gasteiger partial charge in [-0.15, -0.1) is 0 Å². The fourth-order valence-corrected chi connectivity index (χ4v) is 2.95. The van der Waals surface area contributed by atoms with Gasteiger partial charge in [-0.3, -0.25) is 4.90 Å². The maximum Gasteiger partial charge on any atom is 0.127 e. The van der Waals surface area contributed by atoms with E-state index in [0.29, 0.717) is 18.6 Å². The summed E-state index contributed by atoms with van der Waals surface area (Å²) in [6.07, 6.45) is 4.73. The second kappa shape index (κ2) is 6.35. The van der Waals surface area contributed by atoms with Crippen molar-refractivity contribution in [1.82, 2.24) is 10.2 Å². The normalized spacial score (nSPS) is 23.8. The molecule has 19 heavy (non-hydrogen) atoms. The summed E-state index contributed by atoms with van der Waals surface area (Å²) in [6.45, 7) is 0.681. The van der Waals surface area contributed by atoms with Crippen LogP contribution in [0.5, 0.6) is 5.75 Å². The van der Waals surface area contributed by atoms with Crippen LogP contribution in [0.15, 0.2) is 18.2 Å². The molecule has 0 radical (unpaired) electrons. The third kappa shape index (κ3) is 3.91. The second-order valence-electron chi connectivity index (χ2n) is 5.53. The Morgan fingerprint density at radius 3 is 2.53 bits per heavy atom. The van der Waals surface area contributed by atoms with Gasteiger partial charge >= 0.3 is 0 Å². The first kappa shape index (κ1) is 14.3. The van der Waals surface area contributed by atoms with Crippen LogP contribution in [0.4, 0.5) is 4.39 Å². The van der Waals surface area contributed by atoms with Crippen LogP contribution >= 0.6 is 0 Å². The van der Waals surface area contributed by atoms with Crippen molar-refractivity contribution in [2.24, 2.45) is 0 Å². The molecule has 1 saturated carbocycles. The van der Waals surface area contributed by atoms with Gasteiger partial charge in [-0.25, -0.2) is 4.39 Å². The molecule has 1 fully saturated rings. The molecule has 1 aromatic carbocycles. The lowest BCUT2D eigenvalue weighted by molar-refractivity contribution is 0.169. The zero-order chi connectivity index (χ0) is 13.8. The van der Waals surface area contributed by atoms with E-state index in [4.69, 9.17) is 0 Å². The average molecular weight is 266 g/mol. The van der Waals surface area contributed by atoms with Crippen molar-refractivity contribution in [2.75, 3.05) is 14.1 Å². The zero-order valence-electron chi connectivity index (χ0n) is 11.7. The summed E-state index contributed by atoms with van der Waals surface area (Å²) in [5.41, 5.74) is 0.829. The molecule has 0 saturated heterocycles. The number of halogens is 1. The zero-order valence-corrected chi connectivity index (χ0v) is 11.7. The van der Waals surface area contributed by atoms with Gasteiger partial charge in [-0.1, -0.05) is 0 Å². The molecule has 2 N–H and O–H groups in total. The monoisotopic (exact) mass is 266 g/mol. The molecule has 0 unspecified atom stereocenters. The number of phenolic OH excluding ortho intramolecular Hbond substituents is 1. The minimum Gasteiger partial charge on any atom is -0.508 e. The fraction of sp³-hybridized carbons (Fsp3) is 0.600. The van der Waals surface area contributed by atoms with Crippen LogP contribution < -0.4 is 5.32 Å². The highest BCUT2D eigenvalue weighted by atomic mass is 19.1. The lowest BCUT2D eigenvalue weighted by Crippen LogP contribution is -2.39. The van der Waals surface area contributed by atoms with Crippen molar-refractivity contribution in [2.45, 2.75) is 44.3 Å². The summed E-state index contributed by atoms with van der Waals surface area (Å²) in [5, 5.41) is 12.7. The lowest BCUT2D eigenvalue weighted by atomic mass is 9.90. The Labute approximate surface area is 114 Å². The molecule has 4 heteroatoms. The molecule has 1 aliphatic rings. The van der Waals surface area contributed by atoms with Crippen molar-refractivity contribution in [1.29, 1.82) is 0 Å². The van der Waals surface area contributed by atoms with Gasteiger partial charge in [0.15, 0.2) is 0 Å². The molecule has 3 nitrogen and oxygen atoms in total. The summed E-state index contributed by atoms with van der Waals surface area (Å²) in [4.78, 5) is 2.26. The van der Waals surface area contributed by atoms with Gasteiger partial charge in [0.25, 0.3) is 0 Å². The Kier molecular flexibility index (Phi) is 4.77. The molecule has 0 heterocycles. The predicted molar refractivity (Wildman–Crippen MR) is 74.6 cm³/mol. The molecule has 2 rings (SSSR count). The highest BCUT2D eigenvalue weighted by Crippen LogP contribution is 2.24. The van der Waals surface area contributed by atoms with E-state index in [1.807, 2.05) is 7.05 Å². The van der Waals surface area contributed by atoms with Crippen LogP contribution in [0.1, 0.15) is 31.2 Å². The topological polar surface area (TPSA) is 35.5 Å². The Bertz CT molecular complexity index is 396. The van der Waals surface area contributed by atoms with Crippen molar-refractivity contribution in [3.05, 3.63) is 29.6 Å². The average Bonchev–Trinajstić information content (AvgIpc) is 2.37. The fourth-order valence-electron chi connectivity index (χ4n) is 2.95. The Morgan fingerprint density at radius 2 is 1.95 bits per heavy atom. The Hall–Kier alpha value is -1.13. The number of nitrogens with one attached hydrogen (secondary N) is 1. The molecular formula is C15H23FN2O. The van der Waals surface area contributed by atoms with Gasteiger partial charge < -0.3 is 10.4 Å². The molecule has 0 bridgehead atoms. The lowest BCUT2D eigenvalue weighted by Gasteiger charge is -2.34. The standard InChI is InChI=1S/C15H23FN2O/c1-17-13-3-5-14(6-4-13)18(2)10-11-7-12(16)9-15(19)8-11/h7-9,13-14,17,19H,3-6,10H2,1-2H3. The molecule has 0 amide bonds. The van der Waals surface area contributed by atoms with E-state index in [1.165, 1.54) is 31.7 Å². The van der Waals surface area contributed by atoms with Crippen molar-refractivity contribution in [3.8, 4) is 5.75 Å². The van der Waals surface area contributed by atoms with Crippen LogP contribution in [-0.4, -0.2) is 36.2 Å². The summed E-state index contributed by atoms with van der Waals surface area (Å²) in [5.74, 6) is -0.371. The molecule has 1 aliphatic carbocycles. The van der Waals surface area contributed by atoms with Crippen LogP contribution in [0.25, 0.3) is 0 Å². The van der Waals surface area contributed by atoms with Gasteiger partial charge in [0, 0.05) is 24.7 Å². The predicted octanol–water partition coefficient (Wildman–Crippen LogP) is 2.49. The second-order valence-corrected chi connectivity index (χ2v) is 5.53. The SMILES string of the molecule is CNC1CCC(N(C)Cc2cc(O)cc(F)c2)CC1. The molecule has 0 aromatic heterocycles. The van der Waals surface area contributed by atoms with Gasteiger partial charge in [0.1, 0.15) is 11.6 Å². The number of benzene rings is 1. The molecule has 0 spiro atoms. The Morgan fingerprint density at radius 1 is 1.26 bits per heavy atom. The van der Waals surface area contributed by atoms with E-state index in [0.717, 1.165) is 11.6 Å². The van der Waals surface area contributed by atoms with Crippen LogP contribution in [0.3, 0.4) is 0 Å². The minimum absolute atomic E-state index is 0.00212. The van der Waals surface area contributed by atoms with E-state index in [2.05, 4.69) is 17.3 Å². The summed E-state index contributed by atoms with van der Waals surface area (Å²) in [6, 6.07) is 5.47. The maximum atomic E-state index is 13.2. The summed E-state index contributed by atoms with van der Waals surface area (Å²) >= 11 is 0. The molecule has 0 atom stereocenters. The third-order valence-corrected chi connectivity index (χ3v) is 4.10. The van der Waals surface area contributed by atoms with Gasteiger partial charge in [0.2, 0.25) is 0 Å². The number of rotatable bonds is 4. The number of phenols is 1. The Balaban J connectivity index is 1.92. The summed E-state index contributed by atoms with van der Waals surface area (Å²) in [7, 11) is 4.09. The highest BCUT2D eigenvalue weighted by molar-refractivity contribution is 5.28. The molecule has 1 aromatic rings. The highest BCUT2D eigenvalue weighted by Gasteiger charge is 2.23. The van der Waals surface area contributed by atoms with Crippen molar-refractivity contribution in [3.63, 3.8) is 0 Å². The number of hydrogen-bond acceptors (Lipinski definition) is 3. The first-order valence-electron chi connectivity index (χ1n) is 6.94. The van der Waals surface area contributed by atoms with Gasteiger partial charge in [0.05, 0.1) is 0 Å². The molecular weight excluding hydrogens is 243 g/mol. The van der Waals surface area contributed by atoms with Gasteiger partial charge in [-0.05, 0) is 57.5 Å². The van der Waals surface area contributed by atoms with E-state index < -0.39 is 0 Å². The number of nitrogens with zero attached hydrogens (tertiary/aromatic N) is 1. The van der Waals surface area contributed by atoms with Crippen LogP contribution in [0.2, 0.25) is 0 Å². The largest absolute Gasteiger partial charge is 0.508 e. The van der Waals surface area contributed by atoms with E-state index >= 15 is 0 Å². The minimum atomic E-state index is -0.373. The van der Waals surface area contributed by atoms with Gasteiger partial charge in [-0.2, -0.15) is 0 Å². The first-order valence-corrected chi connectivity index (χ1v) is 6.94. The van der Waals surface area contributed by atoms with E-state index in [9.17, 15) is 9.50 Å².